The minimum Gasteiger partial charge on any atom is -0.381 e. The van der Waals surface area contributed by atoms with Crippen molar-refractivity contribution >= 4 is 0 Å². The number of rotatable bonds is 5. The highest BCUT2D eigenvalue weighted by Crippen LogP contribution is 2.29. The first-order valence-corrected chi connectivity index (χ1v) is 7.37. The number of ether oxygens (including phenoxy) is 1. The van der Waals surface area contributed by atoms with Crippen molar-refractivity contribution in [3.8, 4) is 0 Å². The maximum Gasteiger partial charge on any atom is 0.0582 e. The molecule has 0 aromatic carbocycles. The fraction of sp³-hybridized carbons (Fsp3) is 0.688. The second-order valence-electron chi connectivity index (χ2n) is 5.82. The van der Waals surface area contributed by atoms with Gasteiger partial charge in [0.15, 0.2) is 0 Å². The Morgan fingerprint density at radius 2 is 2.21 bits per heavy atom. The highest BCUT2D eigenvalue weighted by Gasteiger charge is 2.22. The summed E-state index contributed by atoms with van der Waals surface area (Å²) in [7, 11) is 2.15. The number of aromatic nitrogens is 1. The van der Waals surface area contributed by atoms with Gasteiger partial charge in [-0.05, 0) is 37.6 Å². The van der Waals surface area contributed by atoms with Crippen molar-refractivity contribution in [1.82, 2.24) is 9.88 Å². The fourth-order valence-corrected chi connectivity index (χ4v) is 2.50. The lowest BCUT2D eigenvalue weighted by Gasteiger charge is -2.20. The largest absolute Gasteiger partial charge is 0.381 e. The Bertz CT molecular complexity index is 411. The van der Waals surface area contributed by atoms with Gasteiger partial charge >= 0.3 is 0 Å². The standard InChI is InChI=1S/C16H26N2O/c1-5-18(4)10-16-14(13-8-9-19-11-13)6-7-15(17-16)12(2)3/h6-7,12-13H,5,8-11H2,1-4H3/t13-/m0/s1. The molecule has 1 aromatic heterocycles. The molecule has 0 spiro atoms. The maximum absolute atomic E-state index is 5.53. The first kappa shape index (κ1) is 14.5. The molecule has 1 saturated heterocycles. The first-order chi connectivity index (χ1) is 9.11. The molecule has 0 N–H and O–H groups in total. The molecule has 0 aliphatic carbocycles. The van der Waals surface area contributed by atoms with Gasteiger partial charge < -0.3 is 9.64 Å². The molecule has 1 fully saturated rings. The Morgan fingerprint density at radius 1 is 1.42 bits per heavy atom. The minimum absolute atomic E-state index is 0.486. The molecular formula is C16H26N2O. The maximum atomic E-state index is 5.53. The summed E-state index contributed by atoms with van der Waals surface area (Å²) in [5.41, 5.74) is 3.83. The van der Waals surface area contributed by atoms with Crippen LogP contribution in [0, 0.1) is 0 Å². The Labute approximate surface area is 117 Å². The van der Waals surface area contributed by atoms with E-state index >= 15 is 0 Å². The number of hydrogen-bond acceptors (Lipinski definition) is 3. The van der Waals surface area contributed by atoms with Gasteiger partial charge in [0.05, 0.1) is 12.3 Å². The molecule has 1 aliphatic heterocycles. The van der Waals surface area contributed by atoms with Crippen LogP contribution in [0.2, 0.25) is 0 Å². The second-order valence-corrected chi connectivity index (χ2v) is 5.82. The predicted molar refractivity (Wildman–Crippen MR) is 78.5 cm³/mol. The quantitative estimate of drug-likeness (QED) is 0.815. The van der Waals surface area contributed by atoms with Crippen molar-refractivity contribution in [2.45, 2.75) is 45.6 Å². The van der Waals surface area contributed by atoms with Crippen LogP contribution in [0.1, 0.15) is 56.0 Å². The third-order valence-corrected chi connectivity index (χ3v) is 3.95. The van der Waals surface area contributed by atoms with E-state index in [-0.39, 0.29) is 0 Å². The van der Waals surface area contributed by atoms with Crippen molar-refractivity contribution < 1.29 is 4.74 Å². The van der Waals surface area contributed by atoms with E-state index in [9.17, 15) is 0 Å². The van der Waals surface area contributed by atoms with Crippen LogP contribution in [0.5, 0.6) is 0 Å². The average Bonchev–Trinajstić information content (AvgIpc) is 2.92. The summed E-state index contributed by atoms with van der Waals surface area (Å²) in [4.78, 5) is 7.22. The summed E-state index contributed by atoms with van der Waals surface area (Å²) in [6, 6.07) is 4.47. The molecule has 1 aliphatic rings. The van der Waals surface area contributed by atoms with E-state index in [1.807, 2.05) is 0 Å². The zero-order chi connectivity index (χ0) is 13.8. The molecule has 2 rings (SSSR count). The van der Waals surface area contributed by atoms with Gasteiger partial charge in [-0.3, -0.25) is 4.98 Å². The summed E-state index contributed by atoms with van der Waals surface area (Å²) >= 11 is 0. The molecule has 1 atom stereocenters. The van der Waals surface area contributed by atoms with Crippen LogP contribution in [-0.4, -0.2) is 36.7 Å². The van der Waals surface area contributed by atoms with Gasteiger partial charge in [0.2, 0.25) is 0 Å². The summed E-state index contributed by atoms with van der Waals surface area (Å²) < 4.78 is 5.53. The molecular weight excluding hydrogens is 236 g/mol. The number of nitrogens with zero attached hydrogens (tertiary/aromatic N) is 2. The lowest BCUT2D eigenvalue weighted by molar-refractivity contribution is 0.193. The lowest BCUT2D eigenvalue weighted by Crippen LogP contribution is -2.20. The van der Waals surface area contributed by atoms with Crippen LogP contribution >= 0.6 is 0 Å². The Morgan fingerprint density at radius 3 is 2.79 bits per heavy atom. The van der Waals surface area contributed by atoms with Crippen molar-refractivity contribution in [2.75, 3.05) is 26.8 Å². The summed E-state index contributed by atoms with van der Waals surface area (Å²) in [6.45, 7) is 10.3. The van der Waals surface area contributed by atoms with Crippen LogP contribution in [0.25, 0.3) is 0 Å². The normalized spacial score (nSPS) is 19.6. The smallest absolute Gasteiger partial charge is 0.0582 e. The monoisotopic (exact) mass is 262 g/mol. The highest BCUT2D eigenvalue weighted by molar-refractivity contribution is 5.28. The van der Waals surface area contributed by atoms with Crippen LogP contribution in [0.4, 0.5) is 0 Å². The predicted octanol–water partition coefficient (Wildman–Crippen LogP) is 3.16. The zero-order valence-electron chi connectivity index (χ0n) is 12.6. The van der Waals surface area contributed by atoms with E-state index in [0.717, 1.165) is 32.7 Å². The van der Waals surface area contributed by atoms with Gasteiger partial charge in [0, 0.05) is 24.8 Å². The van der Waals surface area contributed by atoms with Crippen molar-refractivity contribution in [3.05, 3.63) is 29.1 Å². The first-order valence-electron chi connectivity index (χ1n) is 7.37. The van der Waals surface area contributed by atoms with E-state index < -0.39 is 0 Å². The van der Waals surface area contributed by atoms with Gasteiger partial charge in [-0.2, -0.15) is 0 Å². The average molecular weight is 262 g/mol. The van der Waals surface area contributed by atoms with Crippen LogP contribution < -0.4 is 0 Å². The molecule has 0 amide bonds. The molecule has 3 nitrogen and oxygen atoms in total. The molecule has 0 radical (unpaired) electrons. The molecule has 3 heteroatoms. The Hall–Kier alpha value is -0.930. The SMILES string of the molecule is CCN(C)Cc1nc(C(C)C)ccc1[C@H]1CCOC1. The number of pyridine rings is 1. The molecule has 106 valence electrons. The fourth-order valence-electron chi connectivity index (χ4n) is 2.50. The Balaban J connectivity index is 2.29. The number of hydrogen-bond donors (Lipinski definition) is 0. The van der Waals surface area contributed by atoms with E-state index in [1.165, 1.54) is 17.0 Å². The summed E-state index contributed by atoms with van der Waals surface area (Å²) in [5.74, 6) is 1.02. The van der Waals surface area contributed by atoms with E-state index in [4.69, 9.17) is 9.72 Å². The van der Waals surface area contributed by atoms with E-state index in [1.54, 1.807) is 0 Å². The van der Waals surface area contributed by atoms with Crippen LogP contribution in [-0.2, 0) is 11.3 Å². The van der Waals surface area contributed by atoms with Gasteiger partial charge in [-0.1, -0.05) is 26.8 Å². The van der Waals surface area contributed by atoms with Crippen molar-refractivity contribution in [1.29, 1.82) is 0 Å². The summed E-state index contributed by atoms with van der Waals surface area (Å²) in [5, 5.41) is 0. The molecule has 0 unspecified atom stereocenters. The third kappa shape index (κ3) is 3.54. The van der Waals surface area contributed by atoms with Gasteiger partial charge in [0.25, 0.3) is 0 Å². The highest BCUT2D eigenvalue weighted by atomic mass is 16.5. The van der Waals surface area contributed by atoms with Crippen LogP contribution in [0.15, 0.2) is 12.1 Å². The van der Waals surface area contributed by atoms with Gasteiger partial charge in [-0.25, -0.2) is 0 Å². The van der Waals surface area contributed by atoms with Gasteiger partial charge in [0.1, 0.15) is 0 Å². The third-order valence-electron chi connectivity index (χ3n) is 3.95. The topological polar surface area (TPSA) is 25.4 Å². The van der Waals surface area contributed by atoms with Crippen molar-refractivity contribution in [2.24, 2.45) is 0 Å². The van der Waals surface area contributed by atoms with E-state index in [2.05, 4.69) is 44.9 Å². The molecule has 0 bridgehead atoms. The molecule has 1 aromatic rings. The minimum atomic E-state index is 0.486. The molecule has 0 saturated carbocycles. The summed E-state index contributed by atoms with van der Waals surface area (Å²) in [6.07, 6.45) is 1.13. The zero-order valence-corrected chi connectivity index (χ0v) is 12.6. The van der Waals surface area contributed by atoms with Gasteiger partial charge in [-0.15, -0.1) is 0 Å². The van der Waals surface area contributed by atoms with Crippen molar-refractivity contribution in [3.63, 3.8) is 0 Å². The lowest BCUT2D eigenvalue weighted by atomic mass is 9.95. The Kier molecular flexibility index (Phi) is 4.94. The van der Waals surface area contributed by atoms with Crippen LogP contribution in [0.3, 0.4) is 0 Å². The molecule has 19 heavy (non-hydrogen) atoms. The second kappa shape index (κ2) is 6.49. The molecule has 2 heterocycles. The van der Waals surface area contributed by atoms with E-state index in [0.29, 0.717) is 11.8 Å².